The third-order valence-electron chi connectivity index (χ3n) is 3.19. The summed E-state index contributed by atoms with van der Waals surface area (Å²) in [7, 11) is 2.64. The lowest BCUT2D eigenvalue weighted by Crippen LogP contribution is -2.42. The second-order valence-corrected chi connectivity index (χ2v) is 4.68. The Morgan fingerprint density at radius 2 is 2.15 bits per heavy atom. The van der Waals surface area contributed by atoms with Gasteiger partial charge in [0.15, 0.2) is 0 Å². The van der Waals surface area contributed by atoms with Gasteiger partial charge in [-0.3, -0.25) is 9.63 Å². The summed E-state index contributed by atoms with van der Waals surface area (Å²) in [5.41, 5.74) is 2.70. The van der Waals surface area contributed by atoms with E-state index in [9.17, 15) is 9.59 Å². The first-order chi connectivity index (χ1) is 9.57. The molecule has 1 rings (SSSR count). The molecule has 0 aromatic heterocycles. The summed E-state index contributed by atoms with van der Waals surface area (Å²) in [6.07, 6.45) is 2.92. The quantitative estimate of drug-likeness (QED) is 0.525. The molecule has 0 saturated carbocycles. The fourth-order valence-corrected chi connectivity index (χ4v) is 1.93. The number of carbonyl (C=O) groups excluding carboxylic acids is 2. The zero-order valence-electron chi connectivity index (χ0n) is 12.3. The first-order valence-corrected chi connectivity index (χ1v) is 6.80. The van der Waals surface area contributed by atoms with Crippen molar-refractivity contribution in [2.75, 3.05) is 20.8 Å². The van der Waals surface area contributed by atoms with Crippen molar-refractivity contribution in [2.24, 2.45) is 0 Å². The molecule has 0 radical (unpaired) electrons. The summed E-state index contributed by atoms with van der Waals surface area (Å²) >= 11 is 0. The maximum atomic E-state index is 11.6. The molecular weight excluding hydrogens is 266 g/mol. The Kier molecular flexibility index (Phi) is 6.90. The zero-order valence-corrected chi connectivity index (χ0v) is 12.3. The molecule has 1 fully saturated rings. The van der Waals surface area contributed by atoms with Gasteiger partial charge in [0.2, 0.25) is 0 Å². The van der Waals surface area contributed by atoms with Crippen LogP contribution < -0.4 is 5.48 Å². The van der Waals surface area contributed by atoms with E-state index in [2.05, 4.69) is 10.2 Å². The maximum Gasteiger partial charge on any atom is 0.368 e. The number of unbranched alkanes of at least 4 members (excludes halogenated alkanes) is 1. The molecule has 1 aliphatic heterocycles. The summed E-state index contributed by atoms with van der Waals surface area (Å²) in [5.74, 6) is -2.26. The topological polar surface area (TPSA) is 83.1 Å². The van der Waals surface area contributed by atoms with Crippen molar-refractivity contribution in [3.8, 4) is 0 Å². The summed E-state index contributed by atoms with van der Waals surface area (Å²) in [6, 6.07) is -0.159. The first-order valence-electron chi connectivity index (χ1n) is 6.80. The van der Waals surface area contributed by atoms with E-state index in [-0.39, 0.29) is 18.4 Å². The monoisotopic (exact) mass is 289 g/mol. The van der Waals surface area contributed by atoms with E-state index in [1.807, 2.05) is 6.92 Å². The molecule has 7 heteroatoms. The lowest BCUT2D eigenvalue weighted by atomic mass is 10.0. The van der Waals surface area contributed by atoms with Gasteiger partial charge in [-0.25, -0.2) is 4.79 Å². The highest BCUT2D eigenvalue weighted by molar-refractivity contribution is 5.78. The van der Waals surface area contributed by atoms with E-state index < -0.39 is 11.8 Å². The molecule has 7 nitrogen and oxygen atoms in total. The van der Waals surface area contributed by atoms with Gasteiger partial charge >= 0.3 is 11.9 Å². The first kappa shape index (κ1) is 16.9. The highest BCUT2D eigenvalue weighted by Crippen LogP contribution is 2.28. The fraction of sp³-hybridized carbons (Fsp3) is 0.846. The van der Waals surface area contributed by atoms with Crippen LogP contribution in [0.2, 0.25) is 0 Å². The van der Waals surface area contributed by atoms with Gasteiger partial charge < -0.3 is 14.2 Å². The molecule has 2 atom stereocenters. The van der Waals surface area contributed by atoms with Crippen molar-refractivity contribution in [1.82, 2.24) is 5.48 Å². The number of carbonyl (C=O) groups is 2. The SMILES string of the molecule is CCCCOC(=O)CC[C@H]1CC(OC)(C(=O)OC)ON1. The molecule has 1 aliphatic rings. The Bertz CT molecular complexity index is 335. The van der Waals surface area contributed by atoms with Gasteiger partial charge in [-0.2, -0.15) is 5.48 Å². The Hall–Kier alpha value is -1.18. The van der Waals surface area contributed by atoms with Crippen LogP contribution in [0.15, 0.2) is 0 Å². The molecule has 0 bridgehead atoms. The van der Waals surface area contributed by atoms with Crippen LogP contribution in [-0.2, 0) is 28.6 Å². The normalized spacial score (nSPS) is 25.4. The third kappa shape index (κ3) is 4.43. The average molecular weight is 289 g/mol. The molecule has 1 saturated heterocycles. The van der Waals surface area contributed by atoms with Gasteiger partial charge in [-0.05, 0) is 12.8 Å². The van der Waals surface area contributed by atoms with E-state index in [1.54, 1.807) is 0 Å². The second-order valence-electron chi connectivity index (χ2n) is 4.68. The Morgan fingerprint density at radius 1 is 1.40 bits per heavy atom. The van der Waals surface area contributed by atoms with Crippen molar-refractivity contribution in [3.63, 3.8) is 0 Å². The Labute approximate surface area is 118 Å². The molecule has 1 unspecified atom stereocenters. The van der Waals surface area contributed by atoms with Crippen molar-refractivity contribution in [2.45, 2.75) is 50.9 Å². The number of hydroxylamine groups is 1. The number of methoxy groups -OCH3 is 2. The molecule has 1 N–H and O–H groups in total. The van der Waals surface area contributed by atoms with E-state index in [0.29, 0.717) is 19.4 Å². The Balaban J connectivity index is 2.33. The summed E-state index contributed by atoms with van der Waals surface area (Å²) < 4.78 is 14.8. The highest BCUT2D eigenvalue weighted by atomic mass is 16.8. The van der Waals surface area contributed by atoms with Crippen LogP contribution in [-0.4, -0.2) is 44.6 Å². The van der Waals surface area contributed by atoms with E-state index in [0.717, 1.165) is 12.8 Å². The van der Waals surface area contributed by atoms with Crippen molar-refractivity contribution >= 4 is 11.9 Å². The standard InChI is InChI=1S/C13H23NO6/c1-4-5-8-19-11(15)7-6-10-9-13(18-3,20-14-10)12(16)17-2/h10,14H,4-9H2,1-3H3/t10-,13?/m0/s1. The molecule has 0 amide bonds. The fourth-order valence-electron chi connectivity index (χ4n) is 1.93. The predicted molar refractivity (Wildman–Crippen MR) is 69.5 cm³/mol. The number of rotatable bonds is 8. The van der Waals surface area contributed by atoms with Crippen LogP contribution in [0.5, 0.6) is 0 Å². The van der Waals surface area contributed by atoms with Gasteiger partial charge in [0.05, 0.1) is 13.7 Å². The van der Waals surface area contributed by atoms with Crippen molar-refractivity contribution < 1.29 is 28.6 Å². The van der Waals surface area contributed by atoms with Gasteiger partial charge in [0.25, 0.3) is 5.79 Å². The maximum absolute atomic E-state index is 11.6. The largest absolute Gasteiger partial charge is 0.466 e. The van der Waals surface area contributed by atoms with Crippen molar-refractivity contribution in [3.05, 3.63) is 0 Å². The summed E-state index contributed by atoms with van der Waals surface area (Å²) in [6.45, 7) is 2.48. The van der Waals surface area contributed by atoms with Gasteiger partial charge in [-0.15, -0.1) is 0 Å². The zero-order chi connectivity index (χ0) is 15.0. The van der Waals surface area contributed by atoms with Crippen LogP contribution in [0.4, 0.5) is 0 Å². The van der Waals surface area contributed by atoms with E-state index >= 15 is 0 Å². The Morgan fingerprint density at radius 3 is 2.75 bits per heavy atom. The summed E-state index contributed by atoms with van der Waals surface area (Å²) in [5, 5.41) is 0. The molecule has 20 heavy (non-hydrogen) atoms. The number of esters is 2. The number of nitrogens with one attached hydrogen (secondary N) is 1. The molecule has 0 aromatic carbocycles. The molecule has 0 aromatic rings. The minimum absolute atomic E-state index is 0.159. The summed E-state index contributed by atoms with van der Waals surface area (Å²) in [4.78, 5) is 28.3. The van der Waals surface area contributed by atoms with Gasteiger partial charge in [-0.1, -0.05) is 13.3 Å². The van der Waals surface area contributed by atoms with E-state index in [4.69, 9.17) is 14.3 Å². The van der Waals surface area contributed by atoms with Crippen LogP contribution in [0.25, 0.3) is 0 Å². The van der Waals surface area contributed by atoms with E-state index in [1.165, 1.54) is 14.2 Å². The lowest BCUT2D eigenvalue weighted by Gasteiger charge is -2.21. The molecule has 0 aliphatic carbocycles. The van der Waals surface area contributed by atoms with Gasteiger partial charge in [0, 0.05) is 26.0 Å². The van der Waals surface area contributed by atoms with Crippen LogP contribution in [0.1, 0.15) is 39.0 Å². The number of hydrogen-bond acceptors (Lipinski definition) is 7. The average Bonchev–Trinajstić information content (AvgIpc) is 2.89. The van der Waals surface area contributed by atoms with Gasteiger partial charge in [0.1, 0.15) is 0 Å². The van der Waals surface area contributed by atoms with Crippen LogP contribution in [0.3, 0.4) is 0 Å². The number of hydrogen-bond donors (Lipinski definition) is 1. The molecular formula is C13H23NO6. The lowest BCUT2D eigenvalue weighted by molar-refractivity contribution is -0.235. The van der Waals surface area contributed by atoms with Crippen molar-refractivity contribution in [1.29, 1.82) is 0 Å². The predicted octanol–water partition coefficient (Wildman–Crippen LogP) is 0.919. The molecule has 1 heterocycles. The third-order valence-corrected chi connectivity index (χ3v) is 3.19. The van der Waals surface area contributed by atoms with Crippen LogP contribution in [0, 0.1) is 0 Å². The second kappa shape index (κ2) is 8.18. The highest BCUT2D eigenvalue weighted by Gasteiger charge is 2.49. The minimum Gasteiger partial charge on any atom is -0.466 e. The smallest absolute Gasteiger partial charge is 0.368 e. The minimum atomic E-state index is -1.43. The molecule has 116 valence electrons. The number of ether oxygens (including phenoxy) is 3. The molecule has 0 spiro atoms. The van der Waals surface area contributed by atoms with Crippen LogP contribution >= 0.6 is 0 Å².